The first kappa shape index (κ1) is 24.1. The number of piperazine rings is 1. The van der Waals surface area contributed by atoms with Gasteiger partial charge in [0.1, 0.15) is 11.1 Å². The number of fused-ring (bicyclic) bond motifs is 1. The Hall–Kier alpha value is -3.01. The van der Waals surface area contributed by atoms with E-state index < -0.39 is 28.5 Å². The van der Waals surface area contributed by atoms with Crippen molar-refractivity contribution in [3.8, 4) is 11.3 Å². The Balaban J connectivity index is 1.72. The molecule has 182 valence electrons. The second-order valence-corrected chi connectivity index (χ2v) is 9.54. The second kappa shape index (κ2) is 8.65. The molecule has 1 aliphatic rings. The summed E-state index contributed by atoms with van der Waals surface area (Å²) < 4.78 is 53.2. The number of benzene rings is 1. The third-order valence-electron chi connectivity index (χ3n) is 5.35. The summed E-state index contributed by atoms with van der Waals surface area (Å²) in [6, 6.07) is 5.75. The van der Waals surface area contributed by atoms with E-state index in [9.17, 15) is 18.0 Å². The molecule has 1 amide bonds. The summed E-state index contributed by atoms with van der Waals surface area (Å²) in [5.41, 5.74) is -1.68. The van der Waals surface area contributed by atoms with Crippen LogP contribution < -0.4 is 4.90 Å². The maximum atomic E-state index is 13.9. The second-order valence-electron chi connectivity index (χ2n) is 9.13. The molecular weight excluding hydrogens is 473 g/mol. The standard InChI is InChI=1S/C23H24ClF3N4O3/c1-13-12-30(21(32)34-22(2,3)4)9-10-31(13)20-29-16-11-14(24)18(23(25,26)27)17(19(16)33-20)15-7-5-6-8-28-15/h5-8,11,13H,9-10,12H2,1-4H3. The first-order chi connectivity index (χ1) is 15.8. The zero-order valence-corrected chi connectivity index (χ0v) is 19.9. The summed E-state index contributed by atoms with van der Waals surface area (Å²) in [6.07, 6.45) is -3.75. The van der Waals surface area contributed by atoms with Crippen LogP contribution in [0.25, 0.3) is 22.4 Å². The molecule has 11 heteroatoms. The third kappa shape index (κ3) is 4.77. The molecule has 3 heterocycles. The Bertz CT molecular complexity index is 1210. The lowest BCUT2D eigenvalue weighted by molar-refractivity contribution is -0.136. The van der Waals surface area contributed by atoms with E-state index in [2.05, 4.69) is 9.97 Å². The molecule has 0 saturated carbocycles. The molecule has 1 atom stereocenters. The van der Waals surface area contributed by atoms with Gasteiger partial charge in [0.15, 0.2) is 5.58 Å². The predicted octanol–water partition coefficient (Wildman–Crippen LogP) is 6.01. The van der Waals surface area contributed by atoms with Crippen molar-refractivity contribution in [2.75, 3.05) is 24.5 Å². The van der Waals surface area contributed by atoms with Gasteiger partial charge in [-0.05, 0) is 45.9 Å². The molecule has 4 rings (SSSR count). The van der Waals surface area contributed by atoms with Crippen LogP contribution in [0.3, 0.4) is 0 Å². The molecule has 1 saturated heterocycles. The average Bonchev–Trinajstić information content (AvgIpc) is 3.14. The first-order valence-electron chi connectivity index (χ1n) is 10.7. The number of oxazole rings is 1. The lowest BCUT2D eigenvalue weighted by Gasteiger charge is -2.39. The molecule has 34 heavy (non-hydrogen) atoms. The lowest BCUT2D eigenvalue weighted by Crippen LogP contribution is -2.54. The molecule has 1 aromatic carbocycles. The highest BCUT2D eigenvalue weighted by atomic mass is 35.5. The van der Waals surface area contributed by atoms with Crippen molar-refractivity contribution >= 4 is 34.8 Å². The average molecular weight is 497 g/mol. The number of amides is 1. The SMILES string of the molecule is CC1CN(C(=O)OC(C)(C)C)CCN1c1nc2cc(Cl)c(C(F)(F)F)c(-c3ccccn3)c2o1. The number of carbonyl (C=O) groups is 1. The van der Waals surface area contributed by atoms with Crippen LogP contribution in [-0.4, -0.2) is 52.2 Å². The van der Waals surface area contributed by atoms with Crippen LogP contribution in [0.5, 0.6) is 0 Å². The number of rotatable bonds is 2. The van der Waals surface area contributed by atoms with Gasteiger partial charge in [-0.3, -0.25) is 4.98 Å². The van der Waals surface area contributed by atoms with Crippen molar-refractivity contribution in [2.45, 2.75) is 45.5 Å². The Morgan fingerprint density at radius 1 is 1.24 bits per heavy atom. The Morgan fingerprint density at radius 3 is 2.56 bits per heavy atom. The summed E-state index contributed by atoms with van der Waals surface area (Å²) in [5, 5.41) is -0.483. The molecule has 2 aromatic heterocycles. The van der Waals surface area contributed by atoms with Gasteiger partial charge in [-0.15, -0.1) is 0 Å². The quantitative estimate of drug-likeness (QED) is 0.433. The molecule has 3 aromatic rings. The molecule has 7 nitrogen and oxygen atoms in total. The summed E-state index contributed by atoms with van der Waals surface area (Å²) >= 11 is 6.07. The molecule has 1 unspecified atom stereocenters. The fourth-order valence-electron chi connectivity index (χ4n) is 3.91. The van der Waals surface area contributed by atoms with Crippen molar-refractivity contribution in [1.29, 1.82) is 0 Å². The van der Waals surface area contributed by atoms with Gasteiger partial charge in [-0.2, -0.15) is 18.2 Å². The van der Waals surface area contributed by atoms with Crippen LogP contribution in [0.2, 0.25) is 5.02 Å². The number of ether oxygens (including phenoxy) is 1. The number of pyridine rings is 1. The molecule has 0 bridgehead atoms. The highest BCUT2D eigenvalue weighted by Gasteiger charge is 2.40. The van der Waals surface area contributed by atoms with E-state index in [-0.39, 0.29) is 34.4 Å². The first-order valence-corrected chi connectivity index (χ1v) is 11.1. The summed E-state index contributed by atoms with van der Waals surface area (Å²) in [5.74, 6) is 0. The Kier molecular flexibility index (Phi) is 6.14. The number of carbonyl (C=O) groups excluding carboxylic acids is 1. The van der Waals surface area contributed by atoms with Crippen molar-refractivity contribution in [2.24, 2.45) is 0 Å². The molecule has 0 aliphatic carbocycles. The molecular formula is C23H24ClF3N4O3. The van der Waals surface area contributed by atoms with Gasteiger partial charge >= 0.3 is 12.3 Å². The number of halogens is 4. The molecule has 0 N–H and O–H groups in total. The monoisotopic (exact) mass is 496 g/mol. The van der Waals surface area contributed by atoms with Gasteiger partial charge in [0.05, 0.1) is 21.8 Å². The normalized spacial score (nSPS) is 17.4. The summed E-state index contributed by atoms with van der Waals surface area (Å²) in [4.78, 5) is 24.4. The van der Waals surface area contributed by atoms with Crippen molar-refractivity contribution in [1.82, 2.24) is 14.9 Å². The highest BCUT2D eigenvalue weighted by molar-refractivity contribution is 6.33. The van der Waals surface area contributed by atoms with Crippen LogP contribution in [0.15, 0.2) is 34.9 Å². The third-order valence-corrected chi connectivity index (χ3v) is 5.65. The minimum atomic E-state index is -4.72. The predicted molar refractivity (Wildman–Crippen MR) is 122 cm³/mol. The Morgan fingerprint density at radius 2 is 1.97 bits per heavy atom. The molecule has 0 radical (unpaired) electrons. The smallest absolute Gasteiger partial charge is 0.418 e. The molecule has 0 spiro atoms. The van der Waals surface area contributed by atoms with Crippen LogP contribution in [0.4, 0.5) is 24.0 Å². The van der Waals surface area contributed by atoms with E-state index in [0.29, 0.717) is 19.6 Å². The van der Waals surface area contributed by atoms with Crippen LogP contribution in [0.1, 0.15) is 33.3 Å². The van der Waals surface area contributed by atoms with E-state index in [0.717, 1.165) is 6.07 Å². The molecule has 1 fully saturated rings. The van der Waals surface area contributed by atoms with Gasteiger partial charge in [-0.25, -0.2) is 4.79 Å². The summed E-state index contributed by atoms with van der Waals surface area (Å²) in [7, 11) is 0. The fraction of sp³-hybridized carbons (Fsp3) is 0.435. The van der Waals surface area contributed by atoms with Gasteiger partial charge in [0.25, 0.3) is 6.01 Å². The maximum Gasteiger partial charge on any atom is 0.418 e. The minimum absolute atomic E-state index is 0.0489. The number of anilines is 1. The van der Waals surface area contributed by atoms with Gasteiger partial charge in [0.2, 0.25) is 0 Å². The van der Waals surface area contributed by atoms with Crippen molar-refractivity contribution in [3.63, 3.8) is 0 Å². The van der Waals surface area contributed by atoms with E-state index in [1.165, 1.54) is 12.3 Å². The van der Waals surface area contributed by atoms with Crippen LogP contribution >= 0.6 is 11.6 Å². The van der Waals surface area contributed by atoms with Gasteiger partial charge in [0, 0.05) is 31.9 Å². The zero-order valence-electron chi connectivity index (χ0n) is 19.1. The number of hydrogen-bond acceptors (Lipinski definition) is 6. The van der Waals surface area contributed by atoms with Crippen LogP contribution in [0, 0.1) is 0 Å². The van der Waals surface area contributed by atoms with Crippen molar-refractivity contribution < 1.29 is 27.1 Å². The van der Waals surface area contributed by atoms with E-state index >= 15 is 0 Å². The minimum Gasteiger partial charge on any atom is -0.444 e. The number of hydrogen-bond donors (Lipinski definition) is 0. The number of alkyl halides is 3. The maximum absolute atomic E-state index is 13.9. The largest absolute Gasteiger partial charge is 0.444 e. The van der Waals surface area contributed by atoms with Gasteiger partial charge < -0.3 is 19.0 Å². The van der Waals surface area contributed by atoms with Crippen molar-refractivity contribution in [3.05, 3.63) is 41.0 Å². The highest BCUT2D eigenvalue weighted by Crippen LogP contribution is 2.45. The fourth-order valence-corrected chi connectivity index (χ4v) is 4.22. The van der Waals surface area contributed by atoms with Gasteiger partial charge in [-0.1, -0.05) is 17.7 Å². The van der Waals surface area contributed by atoms with E-state index in [4.69, 9.17) is 20.8 Å². The number of nitrogens with zero attached hydrogens (tertiary/aromatic N) is 4. The lowest BCUT2D eigenvalue weighted by atomic mass is 10.0. The number of aromatic nitrogens is 2. The zero-order chi connectivity index (χ0) is 24.8. The summed E-state index contributed by atoms with van der Waals surface area (Å²) in [6.45, 7) is 8.31. The topological polar surface area (TPSA) is 71.7 Å². The van der Waals surface area contributed by atoms with E-state index in [1.54, 1.807) is 37.8 Å². The van der Waals surface area contributed by atoms with Crippen LogP contribution in [-0.2, 0) is 10.9 Å². The Labute approximate surface area is 199 Å². The van der Waals surface area contributed by atoms with E-state index in [1.807, 2.05) is 11.8 Å². The molecule has 1 aliphatic heterocycles.